The van der Waals surface area contributed by atoms with E-state index in [9.17, 15) is 9.18 Å². The van der Waals surface area contributed by atoms with Gasteiger partial charge in [0.05, 0.1) is 0 Å². The Morgan fingerprint density at radius 1 is 1.45 bits per heavy atom. The molecule has 0 aliphatic carbocycles. The minimum Gasteiger partial charge on any atom is -0.476 e. The summed E-state index contributed by atoms with van der Waals surface area (Å²) in [5.41, 5.74) is 1.55. The van der Waals surface area contributed by atoms with Crippen LogP contribution in [0.2, 0.25) is 0 Å². The molecule has 3 aromatic rings. The molecule has 0 amide bonds. The first kappa shape index (κ1) is 12.8. The van der Waals surface area contributed by atoms with Gasteiger partial charge in [-0.25, -0.2) is 14.2 Å². The average molecular weight is 290 g/mol. The van der Waals surface area contributed by atoms with E-state index in [-0.39, 0.29) is 11.5 Å². The second kappa shape index (κ2) is 4.72. The molecule has 0 bridgehead atoms. The molecule has 0 spiro atoms. The van der Waals surface area contributed by atoms with E-state index in [1.54, 1.807) is 22.6 Å². The Hall–Kier alpha value is -2.21. The van der Waals surface area contributed by atoms with Crippen molar-refractivity contribution in [3.8, 4) is 0 Å². The average Bonchev–Trinajstić information content (AvgIpc) is 2.94. The van der Waals surface area contributed by atoms with Crippen molar-refractivity contribution in [1.29, 1.82) is 0 Å². The van der Waals surface area contributed by atoms with Gasteiger partial charge in [0.2, 0.25) is 0 Å². The van der Waals surface area contributed by atoms with Gasteiger partial charge in [-0.3, -0.25) is 4.40 Å². The molecule has 0 aliphatic rings. The van der Waals surface area contributed by atoms with E-state index in [1.807, 2.05) is 6.92 Å². The van der Waals surface area contributed by atoms with Crippen molar-refractivity contribution in [2.24, 2.45) is 0 Å². The number of benzene rings is 1. The fraction of sp³-hybridized carbons (Fsp3) is 0.143. The normalized spacial score (nSPS) is 11.1. The summed E-state index contributed by atoms with van der Waals surface area (Å²) in [6.07, 6.45) is 1.98. The van der Waals surface area contributed by atoms with Gasteiger partial charge in [0.15, 0.2) is 10.7 Å². The maximum atomic E-state index is 13.7. The van der Waals surface area contributed by atoms with Crippen LogP contribution in [0.1, 0.15) is 26.6 Å². The number of hydrogen-bond acceptors (Lipinski definition) is 3. The summed E-state index contributed by atoms with van der Waals surface area (Å²) in [6, 6.07) is 6.65. The molecule has 20 heavy (non-hydrogen) atoms. The van der Waals surface area contributed by atoms with Crippen LogP contribution in [0.3, 0.4) is 0 Å². The number of nitrogens with zero attached hydrogens (tertiary/aromatic N) is 2. The highest BCUT2D eigenvalue weighted by Gasteiger charge is 2.16. The van der Waals surface area contributed by atoms with Crippen LogP contribution in [0.4, 0.5) is 4.39 Å². The van der Waals surface area contributed by atoms with Gasteiger partial charge in [-0.05, 0) is 18.6 Å². The molecule has 1 N–H and O–H groups in total. The van der Waals surface area contributed by atoms with E-state index in [4.69, 9.17) is 5.11 Å². The van der Waals surface area contributed by atoms with Crippen molar-refractivity contribution in [3.63, 3.8) is 0 Å². The van der Waals surface area contributed by atoms with Crippen LogP contribution >= 0.6 is 11.3 Å². The molecule has 1 aromatic carbocycles. The molecule has 0 atom stereocenters. The van der Waals surface area contributed by atoms with E-state index in [1.165, 1.54) is 23.6 Å². The third-order valence-electron chi connectivity index (χ3n) is 3.18. The van der Waals surface area contributed by atoms with Gasteiger partial charge < -0.3 is 5.11 Å². The predicted molar refractivity (Wildman–Crippen MR) is 74.0 cm³/mol. The van der Waals surface area contributed by atoms with Crippen LogP contribution in [0.15, 0.2) is 30.5 Å². The lowest BCUT2D eigenvalue weighted by Gasteiger charge is -2.01. The Bertz CT molecular complexity index is 807. The van der Waals surface area contributed by atoms with Gasteiger partial charge in [0.1, 0.15) is 5.82 Å². The summed E-state index contributed by atoms with van der Waals surface area (Å²) in [5.74, 6) is -1.28. The molecule has 4 nitrogen and oxygen atoms in total. The summed E-state index contributed by atoms with van der Waals surface area (Å²) in [6.45, 7) is 1.88. The highest BCUT2D eigenvalue weighted by molar-refractivity contribution is 7.17. The third-order valence-corrected chi connectivity index (χ3v) is 4.34. The Labute approximate surface area is 118 Å². The molecule has 6 heteroatoms. The first-order chi connectivity index (χ1) is 9.56. The maximum Gasteiger partial charge on any atom is 0.356 e. The number of aryl methyl sites for hydroxylation is 1. The van der Waals surface area contributed by atoms with Gasteiger partial charge in [0.25, 0.3) is 0 Å². The van der Waals surface area contributed by atoms with E-state index >= 15 is 0 Å². The molecular weight excluding hydrogens is 279 g/mol. The molecule has 2 heterocycles. The van der Waals surface area contributed by atoms with E-state index in [2.05, 4.69) is 4.98 Å². The smallest absolute Gasteiger partial charge is 0.356 e. The highest BCUT2D eigenvalue weighted by Crippen LogP contribution is 2.26. The molecule has 0 unspecified atom stereocenters. The number of fused-ring (bicyclic) bond motifs is 1. The highest BCUT2D eigenvalue weighted by atomic mass is 32.1. The van der Waals surface area contributed by atoms with E-state index in [0.29, 0.717) is 16.9 Å². The van der Waals surface area contributed by atoms with Gasteiger partial charge in [-0.15, -0.1) is 11.3 Å². The number of aromatic nitrogens is 2. The largest absolute Gasteiger partial charge is 0.476 e. The third kappa shape index (κ3) is 2.08. The Kier molecular flexibility index (Phi) is 3.02. The van der Waals surface area contributed by atoms with Gasteiger partial charge >= 0.3 is 5.97 Å². The van der Waals surface area contributed by atoms with Crippen molar-refractivity contribution >= 4 is 22.3 Å². The number of thiazole rings is 1. The van der Waals surface area contributed by atoms with Crippen LogP contribution in [0.5, 0.6) is 0 Å². The molecule has 102 valence electrons. The molecule has 0 saturated heterocycles. The number of carboxylic acids is 1. The molecule has 0 aliphatic heterocycles. The van der Waals surface area contributed by atoms with Crippen LogP contribution in [-0.2, 0) is 6.42 Å². The lowest BCUT2D eigenvalue weighted by atomic mass is 10.1. The van der Waals surface area contributed by atoms with E-state index < -0.39 is 5.97 Å². The maximum absolute atomic E-state index is 13.7. The quantitative estimate of drug-likeness (QED) is 0.806. The standard InChI is InChI=1S/C14H11FN2O2S/c1-8-12(6-9-4-2-3-5-10(9)15)20-14-16-11(13(18)19)7-17(8)14/h2-5,7H,6H2,1H3,(H,18,19). The fourth-order valence-corrected chi connectivity index (χ4v) is 3.20. The van der Waals surface area contributed by atoms with Crippen LogP contribution in [0, 0.1) is 12.7 Å². The molecule has 0 saturated carbocycles. The lowest BCUT2D eigenvalue weighted by molar-refractivity contribution is 0.0691. The number of halogens is 1. The van der Waals surface area contributed by atoms with Crippen molar-refractivity contribution in [2.75, 3.05) is 0 Å². The van der Waals surface area contributed by atoms with Crippen molar-refractivity contribution in [3.05, 3.63) is 58.1 Å². The minimum absolute atomic E-state index is 0.0248. The summed E-state index contributed by atoms with van der Waals surface area (Å²) in [4.78, 5) is 16.5. The van der Waals surface area contributed by atoms with Gasteiger partial charge in [-0.1, -0.05) is 18.2 Å². The number of carboxylic acid groups (broad SMARTS) is 1. The van der Waals surface area contributed by atoms with Gasteiger partial charge in [0, 0.05) is 23.2 Å². The Balaban J connectivity index is 2.01. The topological polar surface area (TPSA) is 54.6 Å². The van der Waals surface area contributed by atoms with Crippen LogP contribution < -0.4 is 0 Å². The number of imidazole rings is 1. The molecule has 0 fully saturated rings. The number of rotatable bonds is 3. The van der Waals surface area contributed by atoms with Crippen molar-refractivity contribution in [2.45, 2.75) is 13.3 Å². The van der Waals surface area contributed by atoms with Crippen LogP contribution in [0.25, 0.3) is 4.96 Å². The minimum atomic E-state index is -1.05. The molecule has 0 radical (unpaired) electrons. The monoisotopic (exact) mass is 290 g/mol. The molecular formula is C14H11FN2O2S. The Morgan fingerprint density at radius 2 is 2.20 bits per heavy atom. The first-order valence-corrected chi connectivity index (χ1v) is 6.82. The molecule has 2 aromatic heterocycles. The van der Waals surface area contributed by atoms with Crippen molar-refractivity contribution in [1.82, 2.24) is 9.38 Å². The second-order valence-corrected chi connectivity index (χ2v) is 5.52. The molecule has 3 rings (SSSR count). The summed E-state index contributed by atoms with van der Waals surface area (Å²) >= 11 is 1.39. The summed E-state index contributed by atoms with van der Waals surface area (Å²) in [7, 11) is 0. The van der Waals surface area contributed by atoms with Gasteiger partial charge in [-0.2, -0.15) is 0 Å². The van der Waals surface area contributed by atoms with E-state index in [0.717, 1.165) is 10.6 Å². The SMILES string of the molecule is Cc1c(Cc2ccccc2F)sc2nc(C(=O)O)cn12. The first-order valence-electron chi connectivity index (χ1n) is 6.00. The zero-order valence-corrected chi connectivity index (χ0v) is 11.4. The second-order valence-electron chi connectivity index (χ2n) is 4.46. The summed E-state index contributed by atoms with van der Waals surface area (Å²) < 4.78 is 15.4. The Morgan fingerprint density at radius 3 is 2.85 bits per heavy atom. The lowest BCUT2D eigenvalue weighted by Crippen LogP contribution is -1.96. The predicted octanol–water partition coefficient (Wildman–Crippen LogP) is 3.13. The summed E-state index contributed by atoms with van der Waals surface area (Å²) in [5, 5.41) is 8.92. The zero-order chi connectivity index (χ0) is 14.3. The van der Waals surface area contributed by atoms with Crippen LogP contribution in [-0.4, -0.2) is 20.5 Å². The van der Waals surface area contributed by atoms with Crippen molar-refractivity contribution < 1.29 is 14.3 Å². The number of hydrogen-bond donors (Lipinski definition) is 1. The number of aromatic carboxylic acids is 1. The number of carbonyl (C=O) groups is 1. The fourth-order valence-electron chi connectivity index (χ4n) is 2.08. The zero-order valence-electron chi connectivity index (χ0n) is 10.6.